The Morgan fingerprint density at radius 1 is 1.21 bits per heavy atom. The fraction of sp³-hybridized carbons (Fsp3) is 0.462. The highest BCUT2D eigenvalue weighted by molar-refractivity contribution is 5.89. The normalized spacial score (nSPS) is 19.1. The van der Waals surface area contributed by atoms with Crippen LogP contribution in [0, 0.1) is 5.92 Å². The Balaban J connectivity index is 1.88. The molecule has 1 heterocycles. The molecule has 2 aromatic carbocycles. The van der Waals surface area contributed by atoms with Crippen molar-refractivity contribution in [2.45, 2.75) is 32.4 Å². The molecule has 2 N–H and O–H groups in total. The monoisotopic (exact) mass is 468 g/mol. The SMILES string of the molecule is C[C@@H]1CN([C@@H](C)CO)C(=O)Cc2cc(N(C)C)ccc2O[C@H]1CN(C)C(=O)Nc1ccccc1. The third-order valence-corrected chi connectivity index (χ3v) is 6.24. The van der Waals surface area contributed by atoms with Gasteiger partial charge in [0, 0.05) is 50.5 Å². The number of benzene rings is 2. The first-order valence-corrected chi connectivity index (χ1v) is 11.6. The third kappa shape index (κ3) is 6.20. The Labute approximate surface area is 202 Å². The number of amides is 3. The van der Waals surface area contributed by atoms with Crippen molar-refractivity contribution >= 4 is 23.3 Å². The molecule has 2 aromatic rings. The molecule has 8 nitrogen and oxygen atoms in total. The second kappa shape index (κ2) is 11.2. The summed E-state index contributed by atoms with van der Waals surface area (Å²) in [7, 11) is 5.63. The molecule has 0 fully saturated rings. The van der Waals surface area contributed by atoms with Gasteiger partial charge in [0.2, 0.25) is 5.91 Å². The Morgan fingerprint density at radius 2 is 1.91 bits per heavy atom. The molecule has 3 amide bonds. The fourth-order valence-electron chi connectivity index (χ4n) is 4.01. The quantitative estimate of drug-likeness (QED) is 0.681. The van der Waals surface area contributed by atoms with Gasteiger partial charge in [0.15, 0.2) is 0 Å². The number of aliphatic hydroxyl groups excluding tert-OH is 1. The van der Waals surface area contributed by atoms with E-state index in [-0.39, 0.29) is 43.0 Å². The molecular weight excluding hydrogens is 432 g/mol. The summed E-state index contributed by atoms with van der Waals surface area (Å²) in [6, 6.07) is 14.6. The van der Waals surface area contributed by atoms with Gasteiger partial charge >= 0.3 is 6.03 Å². The van der Waals surface area contributed by atoms with Crippen LogP contribution in [0.2, 0.25) is 0 Å². The van der Waals surface area contributed by atoms with Crippen LogP contribution in [0.5, 0.6) is 5.75 Å². The lowest BCUT2D eigenvalue weighted by Crippen LogP contribution is -2.48. The Hall–Kier alpha value is -3.26. The number of hydrogen-bond donors (Lipinski definition) is 2. The summed E-state index contributed by atoms with van der Waals surface area (Å²) in [5.41, 5.74) is 2.49. The zero-order valence-electron chi connectivity index (χ0n) is 20.7. The number of carbonyl (C=O) groups is 2. The highest BCUT2D eigenvalue weighted by Gasteiger charge is 2.31. The summed E-state index contributed by atoms with van der Waals surface area (Å²) in [4.78, 5) is 31.3. The highest BCUT2D eigenvalue weighted by Crippen LogP contribution is 2.30. The van der Waals surface area contributed by atoms with E-state index in [0.717, 1.165) is 16.9 Å². The number of para-hydroxylation sites is 1. The van der Waals surface area contributed by atoms with E-state index in [9.17, 15) is 14.7 Å². The molecular formula is C26H36N4O4. The van der Waals surface area contributed by atoms with Crippen molar-refractivity contribution in [2.75, 3.05) is 51.1 Å². The first-order chi connectivity index (χ1) is 16.2. The molecule has 34 heavy (non-hydrogen) atoms. The average molecular weight is 469 g/mol. The van der Waals surface area contributed by atoms with Crippen LogP contribution in [0.25, 0.3) is 0 Å². The smallest absolute Gasteiger partial charge is 0.321 e. The van der Waals surface area contributed by atoms with Gasteiger partial charge in [0.05, 0.1) is 25.6 Å². The van der Waals surface area contributed by atoms with Crippen LogP contribution in [0.15, 0.2) is 48.5 Å². The molecule has 0 bridgehead atoms. The topological polar surface area (TPSA) is 85.4 Å². The van der Waals surface area contributed by atoms with E-state index in [0.29, 0.717) is 18.8 Å². The molecule has 0 radical (unpaired) electrons. The maximum atomic E-state index is 13.2. The molecule has 3 rings (SSSR count). The second-order valence-electron chi connectivity index (χ2n) is 9.25. The molecule has 3 atom stereocenters. The standard InChI is InChI=1S/C26H36N4O4/c1-18-15-30(19(2)17-31)25(32)14-20-13-22(28(3)4)11-12-23(20)34-24(18)16-29(5)26(33)27-21-9-7-6-8-10-21/h6-13,18-19,24,31H,14-17H2,1-5H3,(H,27,33)/t18-,19+,24+/m1/s1. The van der Waals surface area contributed by atoms with Gasteiger partial charge in [0.1, 0.15) is 11.9 Å². The van der Waals surface area contributed by atoms with Crippen molar-refractivity contribution in [1.82, 2.24) is 9.80 Å². The van der Waals surface area contributed by atoms with E-state index in [1.807, 2.05) is 81.4 Å². The molecule has 184 valence electrons. The minimum absolute atomic E-state index is 0.0509. The van der Waals surface area contributed by atoms with E-state index in [4.69, 9.17) is 4.74 Å². The summed E-state index contributed by atoms with van der Waals surface area (Å²) in [6.45, 7) is 4.50. The number of nitrogens with one attached hydrogen (secondary N) is 1. The molecule has 0 aliphatic carbocycles. The van der Waals surface area contributed by atoms with Crippen LogP contribution in [-0.4, -0.2) is 79.8 Å². The number of hydrogen-bond acceptors (Lipinski definition) is 5. The summed E-state index contributed by atoms with van der Waals surface area (Å²) < 4.78 is 6.46. The van der Waals surface area contributed by atoms with Crippen molar-refractivity contribution in [3.8, 4) is 5.75 Å². The maximum Gasteiger partial charge on any atom is 0.321 e. The van der Waals surface area contributed by atoms with Gasteiger partial charge in [-0.2, -0.15) is 0 Å². The number of ether oxygens (including phenoxy) is 1. The number of rotatable bonds is 6. The number of nitrogens with zero attached hydrogens (tertiary/aromatic N) is 3. The van der Waals surface area contributed by atoms with Crippen LogP contribution in [0.3, 0.4) is 0 Å². The molecule has 1 aliphatic rings. The average Bonchev–Trinajstić information content (AvgIpc) is 2.86. The van der Waals surface area contributed by atoms with Crippen LogP contribution < -0.4 is 15.0 Å². The van der Waals surface area contributed by atoms with Gasteiger partial charge in [-0.05, 0) is 37.3 Å². The Kier molecular flexibility index (Phi) is 8.39. The van der Waals surface area contributed by atoms with Gasteiger partial charge in [0.25, 0.3) is 0 Å². The molecule has 0 saturated carbocycles. The van der Waals surface area contributed by atoms with Crippen molar-refractivity contribution < 1.29 is 19.4 Å². The maximum absolute atomic E-state index is 13.2. The van der Waals surface area contributed by atoms with Gasteiger partial charge in [-0.15, -0.1) is 0 Å². The minimum atomic E-state index is -0.352. The third-order valence-electron chi connectivity index (χ3n) is 6.24. The predicted octanol–water partition coefficient (Wildman–Crippen LogP) is 3.07. The van der Waals surface area contributed by atoms with Crippen molar-refractivity contribution in [3.05, 3.63) is 54.1 Å². The first-order valence-electron chi connectivity index (χ1n) is 11.6. The second-order valence-corrected chi connectivity index (χ2v) is 9.25. The zero-order chi connectivity index (χ0) is 24.8. The lowest BCUT2D eigenvalue weighted by Gasteiger charge is -2.34. The van der Waals surface area contributed by atoms with E-state index in [2.05, 4.69) is 5.32 Å². The molecule has 1 aliphatic heterocycles. The van der Waals surface area contributed by atoms with Crippen LogP contribution in [0.1, 0.15) is 19.4 Å². The van der Waals surface area contributed by atoms with E-state index < -0.39 is 0 Å². The van der Waals surface area contributed by atoms with Gasteiger partial charge in [-0.25, -0.2) is 4.79 Å². The first kappa shape index (κ1) is 25.4. The zero-order valence-corrected chi connectivity index (χ0v) is 20.7. The molecule has 0 unspecified atom stereocenters. The summed E-state index contributed by atoms with van der Waals surface area (Å²) in [5.74, 6) is 0.514. The van der Waals surface area contributed by atoms with Crippen molar-refractivity contribution in [1.29, 1.82) is 0 Å². The number of urea groups is 1. The molecule has 0 saturated heterocycles. The lowest BCUT2D eigenvalue weighted by atomic mass is 10.0. The largest absolute Gasteiger partial charge is 0.488 e. The number of aliphatic hydroxyl groups is 1. The van der Waals surface area contributed by atoms with Gasteiger partial charge in [-0.1, -0.05) is 25.1 Å². The number of carbonyl (C=O) groups excluding carboxylic acids is 2. The van der Waals surface area contributed by atoms with Crippen molar-refractivity contribution in [2.24, 2.45) is 5.92 Å². The summed E-state index contributed by atoms with van der Waals surface area (Å²) in [5, 5.41) is 12.7. The van der Waals surface area contributed by atoms with Gasteiger partial charge < -0.3 is 29.9 Å². The Bertz CT molecular complexity index is 982. The van der Waals surface area contributed by atoms with E-state index in [1.54, 1.807) is 16.8 Å². The fourth-order valence-corrected chi connectivity index (χ4v) is 4.01. The van der Waals surface area contributed by atoms with E-state index in [1.165, 1.54) is 0 Å². The van der Waals surface area contributed by atoms with Crippen LogP contribution in [-0.2, 0) is 11.2 Å². The molecule has 0 spiro atoms. The molecule has 8 heteroatoms. The van der Waals surface area contributed by atoms with Crippen LogP contribution in [0.4, 0.5) is 16.2 Å². The highest BCUT2D eigenvalue weighted by atomic mass is 16.5. The predicted molar refractivity (Wildman–Crippen MR) is 134 cm³/mol. The van der Waals surface area contributed by atoms with Gasteiger partial charge in [-0.3, -0.25) is 4.79 Å². The van der Waals surface area contributed by atoms with Crippen molar-refractivity contribution in [3.63, 3.8) is 0 Å². The Morgan fingerprint density at radius 3 is 2.56 bits per heavy atom. The van der Waals surface area contributed by atoms with E-state index >= 15 is 0 Å². The lowest BCUT2D eigenvalue weighted by molar-refractivity contribution is -0.134. The molecule has 0 aromatic heterocycles. The number of likely N-dealkylation sites (N-methyl/N-ethyl adjacent to an activating group) is 1. The number of anilines is 2. The van der Waals surface area contributed by atoms with Crippen LogP contribution >= 0.6 is 0 Å². The minimum Gasteiger partial charge on any atom is -0.488 e. The summed E-state index contributed by atoms with van der Waals surface area (Å²) in [6.07, 6.45) is -0.166. The number of fused-ring (bicyclic) bond motifs is 1. The summed E-state index contributed by atoms with van der Waals surface area (Å²) >= 11 is 0.